The maximum atomic E-state index is 12.6. The second-order valence-electron chi connectivity index (χ2n) is 6.71. The third-order valence-electron chi connectivity index (χ3n) is 4.83. The Kier molecular flexibility index (Phi) is 4.57. The van der Waals surface area contributed by atoms with Crippen molar-refractivity contribution in [2.24, 2.45) is 5.92 Å². The van der Waals surface area contributed by atoms with Crippen LogP contribution in [0.15, 0.2) is 28.7 Å². The van der Waals surface area contributed by atoms with Gasteiger partial charge in [-0.25, -0.2) is 0 Å². The average molecular weight is 343 g/mol. The van der Waals surface area contributed by atoms with Crippen molar-refractivity contribution in [2.45, 2.75) is 45.1 Å². The predicted octanol–water partition coefficient (Wildman–Crippen LogP) is 2.81. The molecule has 7 nitrogen and oxygen atoms in total. The average Bonchev–Trinajstić information content (AvgIpc) is 3.01. The zero-order valence-electron chi connectivity index (χ0n) is 14.3. The van der Waals surface area contributed by atoms with Gasteiger partial charge in [-0.2, -0.15) is 0 Å². The molecule has 2 N–H and O–H groups in total. The number of aryl methyl sites for hydroxylation is 1. The summed E-state index contributed by atoms with van der Waals surface area (Å²) in [6.07, 6.45) is 3.04. The first-order chi connectivity index (χ1) is 11.9. The number of nitrogens with zero attached hydrogens (tertiary/aromatic N) is 2. The molecule has 1 amide bonds. The second kappa shape index (κ2) is 6.66. The summed E-state index contributed by atoms with van der Waals surface area (Å²) in [5.41, 5.74) is 0.462. The molecule has 7 heteroatoms. The van der Waals surface area contributed by atoms with Gasteiger partial charge in [-0.15, -0.1) is 10.2 Å². The lowest BCUT2D eigenvalue weighted by Crippen LogP contribution is -2.55. The topological polar surface area (TPSA) is 105 Å². The first-order valence-corrected chi connectivity index (χ1v) is 8.35. The summed E-state index contributed by atoms with van der Waals surface area (Å²) in [5.74, 6) is -0.823. The molecule has 2 atom stereocenters. The standard InChI is InChI=1S/C18H21N3O4/c1-11-20-21-16(25-11)13-8-6-12(7-9-13)15(22)19-18(2)10-4-3-5-14(18)17(23)24/h6-9,14H,3-5,10H2,1-2H3,(H,19,22)(H,23,24). The van der Waals surface area contributed by atoms with E-state index in [1.54, 1.807) is 31.2 Å². The Balaban J connectivity index is 1.75. The third kappa shape index (κ3) is 3.55. The molecule has 3 rings (SSSR count). The molecule has 2 aromatic rings. The van der Waals surface area contributed by atoms with Crippen molar-refractivity contribution >= 4 is 11.9 Å². The maximum absolute atomic E-state index is 12.6. The largest absolute Gasteiger partial charge is 0.481 e. The van der Waals surface area contributed by atoms with Crippen LogP contribution in [0.2, 0.25) is 0 Å². The van der Waals surface area contributed by atoms with E-state index in [0.29, 0.717) is 30.2 Å². The summed E-state index contributed by atoms with van der Waals surface area (Å²) in [4.78, 5) is 24.1. The quantitative estimate of drug-likeness (QED) is 0.884. The first kappa shape index (κ1) is 17.1. The number of benzene rings is 1. The number of carbonyl (C=O) groups excluding carboxylic acids is 1. The van der Waals surface area contributed by atoms with Gasteiger partial charge in [0.15, 0.2) is 0 Å². The van der Waals surface area contributed by atoms with Crippen LogP contribution in [0.3, 0.4) is 0 Å². The molecule has 1 aliphatic rings. The van der Waals surface area contributed by atoms with Gasteiger partial charge < -0.3 is 14.8 Å². The Labute approximate surface area is 145 Å². The Bertz CT molecular complexity index is 784. The Morgan fingerprint density at radius 1 is 1.24 bits per heavy atom. The smallest absolute Gasteiger partial charge is 0.308 e. The Morgan fingerprint density at radius 3 is 2.56 bits per heavy atom. The number of aromatic nitrogens is 2. The molecule has 0 spiro atoms. The van der Waals surface area contributed by atoms with Crippen LogP contribution in [0.4, 0.5) is 0 Å². The lowest BCUT2D eigenvalue weighted by Gasteiger charge is -2.39. The third-order valence-corrected chi connectivity index (χ3v) is 4.83. The molecule has 0 radical (unpaired) electrons. The van der Waals surface area contributed by atoms with E-state index in [2.05, 4.69) is 15.5 Å². The zero-order chi connectivity index (χ0) is 18.0. The maximum Gasteiger partial charge on any atom is 0.308 e. The van der Waals surface area contributed by atoms with Crippen molar-refractivity contribution in [1.82, 2.24) is 15.5 Å². The summed E-state index contributed by atoms with van der Waals surface area (Å²) in [6.45, 7) is 3.53. The van der Waals surface area contributed by atoms with Crippen LogP contribution in [0.5, 0.6) is 0 Å². The van der Waals surface area contributed by atoms with Crippen LogP contribution in [-0.2, 0) is 4.79 Å². The van der Waals surface area contributed by atoms with E-state index in [4.69, 9.17) is 4.42 Å². The molecule has 1 saturated carbocycles. The van der Waals surface area contributed by atoms with Crippen molar-refractivity contribution in [2.75, 3.05) is 0 Å². The number of carboxylic acid groups (broad SMARTS) is 1. The van der Waals surface area contributed by atoms with E-state index in [1.165, 1.54) is 0 Å². The van der Waals surface area contributed by atoms with Gasteiger partial charge in [-0.1, -0.05) is 12.8 Å². The molecule has 132 valence electrons. The van der Waals surface area contributed by atoms with Gasteiger partial charge in [-0.05, 0) is 44.0 Å². The molecular formula is C18H21N3O4. The minimum absolute atomic E-state index is 0.274. The lowest BCUT2D eigenvalue weighted by molar-refractivity contribution is -0.145. The van der Waals surface area contributed by atoms with E-state index in [1.807, 2.05) is 6.92 Å². The van der Waals surface area contributed by atoms with E-state index in [0.717, 1.165) is 18.4 Å². The van der Waals surface area contributed by atoms with E-state index < -0.39 is 17.4 Å². The van der Waals surface area contributed by atoms with Crippen molar-refractivity contribution in [3.63, 3.8) is 0 Å². The fourth-order valence-corrected chi connectivity index (χ4v) is 3.39. The van der Waals surface area contributed by atoms with Gasteiger partial charge in [0.25, 0.3) is 5.91 Å². The minimum Gasteiger partial charge on any atom is -0.481 e. The number of hydrogen-bond acceptors (Lipinski definition) is 5. The van der Waals surface area contributed by atoms with Gasteiger partial charge >= 0.3 is 5.97 Å². The van der Waals surface area contributed by atoms with Gasteiger partial charge in [0, 0.05) is 18.1 Å². The molecule has 1 heterocycles. The van der Waals surface area contributed by atoms with Gasteiger partial charge in [-0.3, -0.25) is 9.59 Å². The summed E-state index contributed by atoms with van der Waals surface area (Å²) < 4.78 is 5.36. The Morgan fingerprint density at radius 2 is 1.96 bits per heavy atom. The van der Waals surface area contributed by atoms with Crippen LogP contribution >= 0.6 is 0 Å². The second-order valence-corrected chi connectivity index (χ2v) is 6.71. The van der Waals surface area contributed by atoms with Crippen molar-refractivity contribution in [3.05, 3.63) is 35.7 Å². The Hall–Kier alpha value is -2.70. The van der Waals surface area contributed by atoms with Crippen LogP contribution in [0, 0.1) is 12.8 Å². The number of amides is 1. The zero-order valence-corrected chi connectivity index (χ0v) is 14.3. The van der Waals surface area contributed by atoms with Gasteiger partial charge in [0.05, 0.1) is 11.5 Å². The molecule has 0 bridgehead atoms. The van der Waals surface area contributed by atoms with E-state index in [-0.39, 0.29) is 5.91 Å². The van der Waals surface area contributed by atoms with Crippen molar-refractivity contribution < 1.29 is 19.1 Å². The van der Waals surface area contributed by atoms with E-state index >= 15 is 0 Å². The summed E-state index contributed by atoms with van der Waals surface area (Å²) in [5, 5.41) is 20.1. The number of nitrogens with one attached hydrogen (secondary N) is 1. The van der Waals surface area contributed by atoms with Crippen LogP contribution < -0.4 is 5.32 Å². The number of rotatable bonds is 4. The highest BCUT2D eigenvalue weighted by molar-refractivity contribution is 5.95. The number of hydrogen-bond donors (Lipinski definition) is 2. The molecule has 0 saturated heterocycles. The molecule has 1 fully saturated rings. The minimum atomic E-state index is -0.857. The van der Waals surface area contributed by atoms with Crippen molar-refractivity contribution in [1.29, 1.82) is 0 Å². The molecule has 1 aliphatic carbocycles. The number of carboxylic acids is 1. The lowest BCUT2D eigenvalue weighted by atomic mass is 9.73. The van der Waals surface area contributed by atoms with E-state index in [9.17, 15) is 14.7 Å². The van der Waals surface area contributed by atoms with Crippen LogP contribution in [0.1, 0.15) is 48.9 Å². The van der Waals surface area contributed by atoms with Crippen molar-refractivity contribution in [3.8, 4) is 11.5 Å². The van der Waals surface area contributed by atoms with Crippen LogP contribution in [0.25, 0.3) is 11.5 Å². The summed E-state index contributed by atoms with van der Waals surface area (Å²) in [7, 11) is 0. The monoisotopic (exact) mass is 343 g/mol. The number of aliphatic carboxylic acids is 1. The molecule has 25 heavy (non-hydrogen) atoms. The van der Waals surface area contributed by atoms with Gasteiger partial charge in [0.1, 0.15) is 0 Å². The summed E-state index contributed by atoms with van der Waals surface area (Å²) >= 11 is 0. The first-order valence-electron chi connectivity index (χ1n) is 8.35. The summed E-state index contributed by atoms with van der Waals surface area (Å²) in [6, 6.07) is 6.82. The predicted molar refractivity (Wildman–Crippen MR) is 89.9 cm³/mol. The molecule has 0 aliphatic heterocycles. The number of carbonyl (C=O) groups is 2. The highest BCUT2D eigenvalue weighted by Crippen LogP contribution is 2.34. The van der Waals surface area contributed by atoms with Gasteiger partial charge in [0.2, 0.25) is 11.8 Å². The highest BCUT2D eigenvalue weighted by Gasteiger charge is 2.42. The fourth-order valence-electron chi connectivity index (χ4n) is 3.39. The normalized spacial score (nSPS) is 23.2. The molecule has 1 aromatic carbocycles. The van der Waals surface area contributed by atoms with Crippen LogP contribution in [-0.4, -0.2) is 32.7 Å². The SMILES string of the molecule is Cc1nnc(-c2ccc(C(=O)NC3(C)CCCCC3C(=O)O)cc2)o1. The molecule has 1 aromatic heterocycles. The molecule has 2 unspecified atom stereocenters. The fraction of sp³-hybridized carbons (Fsp3) is 0.444. The molecular weight excluding hydrogens is 322 g/mol. The highest BCUT2D eigenvalue weighted by atomic mass is 16.4.